The van der Waals surface area contributed by atoms with Crippen LogP contribution in [0.2, 0.25) is 5.02 Å². The first-order chi connectivity index (χ1) is 7.98. The summed E-state index contributed by atoms with van der Waals surface area (Å²) in [6, 6.07) is 6.87. The van der Waals surface area contributed by atoms with Crippen molar-refractivity contribution in [3.05, 3.63) is 29.3 Å². The molecule has 0 aliphatic carbocycles. The molecular weight excluding hydrogens is 262 g/mol. The van der Waals surface area contributed by atoms with E-state index in [1.807, 2.05) is 0 Å². The first-order valence-corrected chi connectivity index (χ1v) is 7.44. The zero-order valence-electron chi connectivity index (χ0n) is 9.02. The van der Waals surface area contributed by atoms with Gasteiger partial charge in [0, 0.05) is 0 Å². The van der Waals surface area contributed by atoms with Crippen LogP contribution in [0.1, 0.15) is 6.42 Å². The van der Waals surface area contributed by atoms with Crippen LogP contribution in [-0.4, -0.2) is 25.8 Å². The van der Waals surface area contributed by atoms with E-state index in [4.69, 9.17) is 11.6 Å². The summed E-state index contributed by atoms with van der Waals surface area (Å²) < 4.78 is 22.5. The highest BCUT2D eigenvalue weighted by Gasteiger charge is 2.33. The fraction of sp³-hybridized carbons (Fsp3) is 0.364. The highest BCUT2D eigenvalue weighted by molar-refractivity contribution is 7.91. The van der Waals surface area contributed by atoms with Gasteiger partial charge in [-0.2, -0.15) is 0 Å². The summed E-state index contributed by atoms with van der Waals surface area (Å²) in [4.78, 5) is 11.8. The molecule has 0 radical (unpaired) electrons. The maximum atomic E-state index is 11.8. The monoisotopic (exact) mass is 273 g/mol. The molecule has 4 nitrogen and oxygen atoms in total. The van der Waals surface area contributed by atoms with E-state index < -0.39 is 15.8 Å². The molecule has 1 saturated heterocycles. The maximum Gasteiger partial charge on any atom is 0.228 e. The molecule has 0 spiro atoms. The molecule has 2 rings (SSSR count). The van der Waals surface area contributed by atoms with E-state index in [2.05, 4.69) is 5.32 Å². The molecule has 92 valence electrons. The molecule has 1 fully saturated rings. The lowest BCUT2D eigenvalue weighted by Crippen LogP contribution is -2.23. The summed E-state index contributed by atoms with van der Waals surface area (Å²) in [5, 5.41) is 3.10. The van der Waals surface area contributed by atoms with Crippen molar-refractivity contribution in [2.24, 2.45) is 5.92 Å². The highest BCUT2D eigenvalue weighted by atomic mass is 35.5. The summed E-state index contributed by atoms with van der Waals surface area (Å²) in [5.74, 6) is -0.716. The number of para-hydroxylation sites is 1. The summed E-state index contributed by atoms with van der Waals surface area (Å²) in [5.41, 5.74) is 0.517. The molecule has 1 aliphatic rings. The molecule has 6 heteroatoms. The highest BCUT2D eigenvalue weighted by Crippen LogP contribution is 2.24. The minimum absolute atomic E-state index is 0.0662. The second kappa shape index (κ2) is 4.66. The standard InChI is InChI=1S/C11H12ClNO3S/c12-9-3-1-2-4-10(9)13-11(14)8-5-6-17(15,16)7-8/h1-4,8H,5-7H2,(H,13,14)/t8-/m0/s1. The second-order valence-corrected chi connectivity index (χ2v) is 6.70. The van der Waals surface area contributed by atoms with E-state index in [-0.39, 0.29) is 17.4 Å². The van der Waals surface area contributed by atoms with Gasteiger partial charge < -0.3 is 5.32 Å². The molecule has 1 atom stereocenters. The number of carbonyl (C=O) groups excluding carboxylic acids is 1. The maximum absolute atomic E-state index is 11.8. The van der Waals surface area contributed by atoms with Crippen LogP contribution < -0.4 is 5.32 Å². The fourth-order valence-electron chi connectivity index (χ4n) is 1.80. The van der Waals surface area contributed by atoms with Crippen molar-refractivity contribution >= 4 is 33.0 Å². The van der Waals surface area contributed by atoms with E-state index in [9.17, 15) is 13.2 Å². The summed E-state index contributed by atoms with van der Waals surface area (Å²) in [7, 11) is -3.04. The van der Waals surface area contributed by atoms with Crippen LogP contribution in [0.5, 0.6) is 0 Å². The Morgan fingerprint density at radius 1 is 1.35 bits per heavy atom. The number of halogens is 1. The van der Waals surface area contributed by atoms with Crippen LogP contribution in [0.15, 0.2) is 24.3 Å². The fourth-order valence-corrected chi connectivity index (χ4v) is 3.72. The van der Waals surface area contributed by atoms with Crippen LogP contribution in [0.3, 0.4) is 0 Å². The van der Waals surface area contributed by atoms with Gasteiger partial charge in [0.1, 0.15) is 0 Å². The van der Waals surface area contributed by atoms with Gasteiger partial charge in [-0.3, -0.25) is 4.79 Å². The average Bonchev–Trinajstić information content (AvgIpc) is 2.62. The summed E-state index contributed by atoms with van der Waals surface area (Å²) >= 11 is 5.90. The van der Waals surface area contributed by atoms with Crippen molar-refractivity contribution in [2.75, 3.05) is 16.8 Å². The number of carbonyl (C=O) groups is 1. The minimum atomic E-state index is -3.04. The summed E-state index contributed by atoms with van der Waals surface area (Å²) in [6.45, 7) is 0. The Kier molecular flexibility index (Phi) is 3.40. The largest absolute Gasteiger partial charge is 0.324 e. The molecule has 1 heterocycles. The van der Waals surface area contributed by atoms with E-state index >= 15 is 0 Å². The van der Waals surface area contributed by atoms with Crippen LogP contribution in [0, 0.1) is 5.92 Å². The topological polar surface area (TPSA) is 63.2 Å². The third-order valence-corrected chi connectivity index (χ3v) is 4.83. The molecule has 0 unspecified atom stereocenters. The zero-order valence-corrected chi connectivity index (χ0v) is 10.6. The first-order valence-electron chi connectivity index (χ1n) is 5.24. The Labute approximate surface area is 105 Å². The molecule has 0 saturated carbocycles. The second-order valence-electron chi connectivity index (χ2n) is 4.07. The number of anilines is 1. The quantitative estimate of drug-likeness (QED) is 0.892. The number of hydrogen-bond acceptors (Lipinski definition) is 3. The number of nitrogens with one attached hydrogen (secondary N) is 1. The number of sulfone groups is 1. The Morgan fingerprint density at radius 3 is 2.65 bits per heavy atom. The number of amides is 1. The van der Waals surface area contributed by atoms with Crippen molar-refractivity contribution in [2.45, 2.75) is 6.42 Å². The molecule has 1 amide bonds. The van der Waals surface area contributed by atoms with E-state index in [0.717, 1.165) is 0 Å². The van der Waals surface area contributed by atoms with Crippen LogP contribution >= 0.6 is 11.6 Å². The number of benzene rings is 1. The third kappa shape index (κ3) is 2.98. The van der Waals surface area contributed by atoms with Crippen LogP contribution in [0.4, 0.5) is 5.69 Å². The Bertz CT molecular complexity index is 541. The molecule has 0 aromatic heterocycles. The molecule has 1 aromatic carbocycles. The van der Waals surface area contributed by atoms with Gasteiger partial charge in [-0.1, -0.05) is 23.7 Å². The molecule has 1 N–H and O–H groups in total. The lowest BCUT2D eigenvalue weighted by Gasteiger charge is -2.10. The molecule has 0 bridgehead atoms. The van der Waals surface area contributed by atoms with E-state index in [0.29, 0.717) is 17.1 Å². The van der Waals surface area contributed by atoms with E-state index in [1.165, 1.54) is 0 Å². The predicted molar refractivity (Wildman–Crippen MR) is 66.8 cm³/mol. The average molecular weight is 274 g/mol. The lowest BCUT2D eigenvalue weighted by molar-refractivity contribution is -0.119. The molecular formula is C11H12ClNO3S. The Balaban J connectivity index is 2.06. The van der Waals surface area contributed by atoms with Gasteiger partial charge in [0.05, 0.1) is 28.1 Å². The van der Waals surface area contributed by atoms with Crippen molar-refractivity contribution in [1.82, 2.24) is 0 Å². The smallest absolute Gasteiger partial charge is 0.228 e. The summed E-state index contributed by atoms with van der Waals surface area (Å²) in [6.07, 6.45) is 0.388. The van der Waals surface area contributed by atoms with Gasteiger partial charge in [0.2, 0.25) is 5.91 Å². The number of hydrogen-bond donors (Lipinski definition) is 1. The van der Waals surface area contributed by atoms with Gasteiger partial charge in [-0.05, 0) is 18.6 Å². The molecule has 1 aromatic rings. The van der Waals surface area contributed by atoms with Crippen molar-refractivity contribution in [3.8, 4) is 0 Å². The van der Waals surface area contributed by atoms with Gasteiger partial charge in [0.15, 0.2) is 9.84 Å². The van der Waals surface area contributed by atoms with Crippen molar-refractivity contribution in [1.29, 1.82) is 0 Å². The van der Waals surface area contributed by atoms with Gasteiger partial charge in [0.25, 0.3) is 0 Å². The predicted octanol–water partition coefficient (Wildman–Crippen LogP) is 1.71. The normalized spacial score (nSPS) is 22.3. The molecule has 1 aliphatic heterocycles. The van der Waals surface area contributed by atoms with Crippen LogP contribution in [0.25, 0.3) is 0 Å². The Hall–Kier alpha value is -1.07. The van der Waals surface area contributed by atoms with Crippen LogP contribution in [-0.2, 0) is 14.6 Å². The third-order valence-electron chi connectivity index (χ3n) is 2.73. The minimum Gasteiger partial charge on any atom is -0.324 e. The first kappa shape index (κ1) is 12.4. The Morgan fingerprint density at radius 2 is 2.06 bits per heavy atom. The SMILES string of the molecule is O=C(Nc1ccccc1Cl)[C@H]1CCS(=O)(=O)C1. The van der Waals surface area contributed by atoms with Gasteiger partial charge in [-0.25, -0.2) is 8.42 Å². The van der Waals surface area contributed by atoms with E-state index in [1.54, 1.807) is 24.3 Å². The number of rotatable bonds is 2. The lowest BCUT2D eigenvalue weighted by atomic mass is 10.1. The van der Waals surface area contributed by atoms with Gasteiger partial charge in [-0.15, -0.1) is 0 Å². The van der Waals surface area contributed by atoms with Gasteiger partial charge >= 0.3 is 0 Å². The molecule has 17 heavy (non-hydrogen) atoms. The van der Waals surface area contributed by atoms with Crippen molar-refractivity contribution < 1.29 is 13.2 Å². The van der Waals surface area contributed by atoms with Crippen molar-refractivity contribution in [3.63, 3.8) is 0 Å². The zero-order chi connectivity index (χ0) is 12.5.